The number of hydrogen-bond donors (Lipinski definition) is 0. The predicted octanol–water partition coefficient (Wildman–Crippen LogP) is 3.06. The van der Waals surface area contributed by atoms with Gasteiger partial charge in [0, 0.05) is 13.1 Å². The number of aromatic nitrogens is 2. The van der Waals surface area contributed by atoms with Gasteiger partial charge in [0.05, 0.1) is 37.8 Å². The molecule has 0 unspecified atom stereocenters. The van der Waals surface area contributed by atoms with E-state index in [-0.39, 0.29) is 11.7 Å². The molecule has 1 saturated heterocycles. The maximum atomic E-state index is 13.2. The van der Waals surface area contributed by atoms with Gasteiger partial charge in [0.25, 0.3) is 5.88 Å². The summed E-state index contributed by atoms with van der Waals surface area (Å²) in [5, 5.41) is 5.15. The van der Waals surface area contributed by atoms with Crippen molar-refractivity contribution in [1.82, 2.24) is 14.7 Å². The highest BCUT2D eigenvalue weighted by molar-refractivity contribution is 5.88. The fourth-order valence-corrected chi connectivity index (χ4v) is 3.11. The molecule has 28 heavy (non-hydrogen) atoms. The second-order valence-corrected chi connectivity index (χ2v) is 6.44. The molecule has 0 atom stereocenters. The van der Waals surface area contributed by atoms with E-state index in [2.05, 4.69) is 5.10 Å². The number of benzene rings is 2. The Labute approximate surface area is 161 Å². The number of morpholine rings is 1. The zero-order chi connectivity index (χ0) is 19.5. The van der Waals surface area contributed by atoms with Crippen LogP contribution in [0.25, 0.3) is 10.9 Å². The Bertz CT molecular complexity index is 981. The third-order valence-electron chi connectivity index (χ3n) is 4.62. The van der Waals surface area contributed by atoms with Crippen molar-refractivity contribution < 1.29 is 23.4 Å². The van der Waals surface area contributed by atoms with E-state index in [4.69, 9.17) is 14.2 Å². The van der Waals surface area contributed by atoms with Crippen molar-refractivity contribution in [3.63, 3.8) is 0 Å². The molecule has 1 amide bonds. The van der Waals surface area contributed by atoms with Crippen LogP contribution >= 0.6 is 0 Å². The van der Waals surface area contributed by atoms with Crippen LogP contribution in [0.3, 0.4) is 0 Å². The fraction of sp³-hybridized carbons (Fsp3) is 0.300. The lowest BCUT2D eigenvalue weighted by atomic mass is 10.2. The Morgan fingerprint density at radius 2 is 1.93 bits per heavy atom. The second-order valence-electron chi connectivity index (χ2n) is 6.44. The maximum Gasteiger partial charge on any atom is 0.416 e. The molecular weight excluding hydrogens is 365 g/mol. The van der Waals surface area contributed by atoms with Crippen LogP contribution in [0.2, 0.25) is 0 Å². The normalized spacial score (nSPS) is 14.3. The van der Waals surface area contributed by atoms with E-state index >= 15 is 0 Å². The highest BCUT2D eigenvalue weighted by Gasteiger charge is 2.22. The molecule has 7 nitrogen and oxygen atoms in total. The van der Waals surface area contributed by atoms with E-state index in [1.807, 2.05) is 12.1 Å². The maximum absolute atomic E-state index is 13.2. The van der Waals surface area contributed by atoms with Crippen molar-refractivity contribution in [2.75, 3.05) is 33.4 Å². The fourth-order valence-electron chi connectivity index (χ4n) is 3.11. The summed E-state index contributed by atoms with van der Waals surface area (Å²) >= 11 is 0. The Balaban J connectivity index is 1.66. The number of fused-ring (bicyclic) bond motifs is 1. The summed E-state index contributed by atoms with van der Waals surface area (Å²) in [6.45, 7) is 2.36. The van der Waals surface area contributed by atoms with E-state index < -0.39 is 6.09 Å². The first kappa shape index (κ1) is 18.2. The molecule has 0 aliphatic carbocycles. The molecule has 1 fully saturated rings. The van der Waals surface area contributed by atoms with Crippen LogP contribution < -0.4 is 9.47 Å². The second kappa shape index (κ2) is 7.85. The molecule has 2 aromatic carbocycles. The minimum absolute atomic E-state index is 0.215. The molecular formula is C20H20FN3O4. The van der Waals surface area contributed by atoms with Crippen molar-refractivity contribution in [2.45, 2.75) is 6.54 Å². The summed E-state index contributed by atoms with van der Waals surface area (Å²) in [6, 6.07) is 11.7. The molecule has 2 heterocycles. The first-order chi connectivity index (χ1) is 13.6. The van der Waals surface area contributed by atoms with Gasteiger partial charge in [-0.25, -0.2) is 9.18 Å². The summed E-state index contributed by atoms with van der Waals surface area (Å²) in [7, 11) is 1.57. The lowest BCUT2D eigenvalue weighted by Gasteiger charge is -2.25. The van der Waals surface area contributed by atoms with Crippen molar-refractivity contribution in [3.05, 3.63) is 53.8 Å². The van der Waals surface area contributed by atoms with Gasteiger partial charge in [-0.2, -0.15) is 0 Å². The molecule has 146 valence electrons. The molecule has 1 aliphatic heterocycles. The van der Waals surface area contributed by atoms with Crippen LogP contribution in [0.5, 0.6) is 11.6 Å². The molecule has 1 aromatic heterocycles. The quantitative estimate of drug-likeness (QED) is 0.691. The minimum atomic E-state index is -0.459. The van der Waals surface area contributed by atoms with Gasteiger partial charge in [-0.3, -0.25) is 4.68 Å². The van der Waals surface area contributed by atoms with Crippen molar-refractivity contribution in [1.29, 1.82) is 0 Å². The molecule has 3 aromatic rings. The molecule has 0 saturated carbocycles. The van der Waals surface area contributed by atoms with Crippen LogP contribution in [0.1, 0.15) is 5.56 Å². The molecule has 0 radical (unpaired) electrons. The Morgan fingerprint density at radius 1 is 1.18 bits per heavy atom. The summed E-state index contributed by atoms with van der Waals surface area (Å²) in [5.74, 6) is 0.559. The monoisotopic (exact) mass is 385 g/mol. The standard InChI is InChI=1S/C20H20FN3O4/c1-26-16-6-7-18-17(12-16)19(28-20(25)23-8-10-27-11-9-23)22-24(18)13-14-2-4-15(21)5-3-14/h2-7,12H,8-11,13H2,1H3. The average Bonchev–Trinajstić information content (AvgIpc) is 3.06. The van der Waals surface area contributed by atoms with Crippen LogP contribution in [-0.2, 0) is 11.3 Å². The Kier molecular flexibility index (Phi) is 5.12. The average molecular weight is 385 g/mol. The number of amides is 1. The number of carbonyl (C=O) groups excluding carboxylic acids is 1. The van der Waals surface area contributed by atoms with Crippen LogP contribution in [0.15, 0.2) is 42.5 Å². The van der Waals surface area contributed by atoms with Crippen molar-refractivity contribution >= 4 is 17.0 Å². The molecule has 4 rings (SSSR count). The lowest BCUT2D eigenvalue weighted by molar-refractivity contribution is 0.0412. The SMILES string of the molecule is COc1ccc2c(c1)c(OC(=O)N1CCOCC1)nn2Cc1ccc(F)cc1. The van der Waals surface area contributed by atoms with Crippen molar-refractivity contribution in [2.24, 2.45) is 0 Å². The topological polar surface area (TPSA) is 65.8 Å². The van der Waals surface area contributed by atoms with Gasteiger partial charge >= 0.3 is 6.09 Å². The molecule has 0 spiro atoms. The number of halogens is 1. The number of ether oxygens (including phenoxy) is 3. The van der Waals surface area contributed by atoms with E-state index in [0.29, 0.717) is 44.0 Å². The van der Waals surface area contributed by atoms with E-state index in [1.165, 1.54) is 12.1 Å². The smallest absolute Gasteiger partial charge is 0.416 e. The van der Waals surface area contributed by atoms with Gasteiger partial charge in [-0.15, -0.1) is 5.10 Å². The van der Waals surface area contributed by atoms with Gasteiger partial charge in [0.2, 0.25) is 0 Å². The third kappa shape index (κ3) is 3.77. The first-order valence-electron chi connectivity index (χ1n) is 8.97. The molecule has 0 bridgehead atoms. The number of methoxy groups -OCH3 is 1. The van der Waals surface area contributed by atoms with E-state index in [0.717, 1.165) is 11.1 Å². The van der Waals surface area contributed by atoms with Gasteiger partial charge < -0.3 is 19.1 Å². The van der Waals surface area contributed by atoms with Gasteiger partial charge in [0.15, 0.2) is 0 Å². The highest BCUT2D eigenvalue weighted by Crippen LogP contribution is 2.30. The first-order valence-corrected chi connectivity index (χ1v) is 8.97. The zero-order valence-electron chi connectivity index (χ0n) is 15.4. The van der Waals surface area contributed by atoms with Gasteiger partial charge in [-0.05, 0) is 35.9 Å². The summed E-state index contributed by atoms with van der Waals surface area (Å²) in [5.41, 5.74) is 1.67. The largest absolute Gasteiger partial charge is 0.497 e. The lowest BCUT2D eigenvalue weighted by Crippen LogP contribution is -2.42. The number of rotatable bonds is 4. The Morgan fingerprint density at radius 3 is 2.64 bits per heavy atom. The predicted molar refractivity (Wildman–Crippen MR) is 100 cm³/mol. The minimum Gasteiger partial charge on any atom is -0.497 e. The Hall–Kier alpha value is -3.13. The molecule has 1 aliphatic rings. The summed E-state index contributed by atoms with van der Waals surface area (Å²) in [6.07, 6.45) is -0.459. The highest BCUT2D eigenvalue weighted by atomic mass is 19.1. The number of nitrogens with zero attached hydrogens (tertiary/aromatic N) is 3. The molecule has 0 N–H and O–H groups in total. The number of hydrogen-bond acceptors (Lipinski definition) is 5. The zero-order valence-corrected chi connectivity index (χ0v) is 15.4. The summed E-state index contributed by atoms with van der Waals surface area (Å²) < 4.78 is 31.1. The van der Waals surface area contributed by atoms with Crippen LogP contribution in [-0.4, -0.2) is 54.2 Å². The number of carbonyl (C=O) groups is 1. The van der Waals surface area contributed by atoms with E-state index in [9.17, 15) is 9.18 Å². The van der Waals surface area contributed by atoms with E-state index in [1.54, 1.807) is 34.9 Å². The van der Waals surface area contributed by atoms with Crippen LogP contribution in [0.4, 0.5) is 9.18 Å². The van der Waals surface area contributed by atoms with Gasteiger partial charge in [0.1, 0.15) is 11.6 Å². The van der Waals surface area contributed by atoms with Gasteiger partial charge in [-0.1, -0.05) is 12.1 Å². The van der Waals surface area contributed by atoms with Crippen molar-refractivity contribution in [3.8, 4) is 11.6 Å². The third-order valence-corrected chi connectivity index (χ3v) is 4.62. The van der Waals surface area contributed by atoms with Crippen LogP contribution in [0, 0.1) is 5.82 Å². The summed E-state index contributed by atoms with van der Waals surface area (Å²) in [4.78, 5) is 14.1. The molecule has 8 heteroatoms.